The first-order valence-corrected chi connectivity index (χ1v) is 5.69. The summed E-state index contributed by atoms with van der Waals surface area (Å²) in [6.07, 6.45) is 3.05. The van der Waals surface area contributed by atoms with Gasteiger partial charge in [0.15, 0.2) is 0 Å². The highest BCUT2D eigenvalue weighted by Crippen LogP contribution is 1.84. The van der Waals surface area contributed by atoms with Crippen molar-refractivity contribution >= 4 is 17.5 Å². The third-order valence-electron chi connectivity index (χ3n) is 1.61. The van der Waals surface area contributed by atoms with Crippen LogP contribution in [0.15, 0.2) is 0 Å². The van der Waals surface area contributed by atoms with Crippen molar-refractivity contribution in [2.75, 3.05) is 6.54 Å². The summed E-state index contributed by atoms with van der Waals surface area (Å²) >= 11 is 0. The molecule has 1 N–H and O–H groups in total. The van der Waals surface area contributed by atoms with E-state index in [1.165, 1.54) is 6.92 Å². The number of carbonyl (C=O) groups excluding carboxylic acids is 3. The molecule has 0 rings (SSSR count). The SMILES string of the molecule is CCCC(=O)NCC(C)=O.CCCC(C)=O. The molecule has 0 aliphatic rings. The molecule has 0 saturated heterocycles. The van der Waals surface area contributed by atoms with Crippen molar-refractivity contribution in [3.05, 3.63) is 0 Å². The molecule has 0 unspecified atom stereocenters. The van der Waals surface area contributed by atoms with Crippen LogP contribution in [0.5, 0.6) is 0 Å². The van der Waals surface area contributed by atoms with Crippen molar-refractivity contribution in [3.63, 3.8) is 0 Å². The topological polar surface area (TPSA) is 63.2 Å². The van der Waals surface area contributed by atoms with Crippen LogP contribution in [-0.2, 0) is 14.4 Å². The van der Waals surface area contributed by atoms with Gasteiger partial charge in [0.2, 0.25) is 5.91 Å². The van der Waals surface area contributed by atoms with Gasteiger partial charge >= 0.3 is 0 Å². The molecule has 4 nitrogen and oxygen atoms in total. The number of nitrogens with one attached hydrogen (secondary N) is 1. The molecule has 94 valence electrons. The molecule has 0 atom stereocenters. The predicted molar refractivity (Wildman–Crippen MR) is 64.2 cm³/mol. The molecule has 0 spiro atoms. The molecule has 0 aromatic heterocycles. The predicted octanol–water partition coefficient (Wildman–Crippen LogP) is 1.87. The van der Waals surface area contributed by atoms with Gasteiger partial charge in [-0.05, 0) is 26.7 Å². The van der Waals surface area contributed by atoms with Gasteiger partial charge in [0, 0.05) is 12.8 Å². The Bertz CT molecular complexity index is 224. The quantitative estimate of drug-likeness (QED) is 0.756. The Morgan fingerprint density at radius 1 is 0.875 bits per heavy atom. The number of ketones is 2. The molecular weight excluding hydrogens is 206 g/mol. The van der Waals surface area contributed by atoms with Gasteiger partial charge in [0.25, 0.3) is 0 Å². The van der Waals surface area contributed by atoms with Gasteiger partial charge in [-0.1, -0.05) is 13.8 Å². The highest BCUT2D eigenvalue weighted by Gasteiger charge is 1.98. The van der Waals surface area contributed by atoms with E-state index >= 15 is 0 Å². The second-order valence-electron chi connectivity index (χ2n) is 3.68. The molecule has 1 amide bonds. The van der Waals surface area contributed by atoms with Gasteiger partial charge in [0.05, 0.1) is 6.54 Å². The Balaban J connectivity index is 0. The van der Waals surface area contributed by atoms with Crippen LogP contribution < -0.4 is 5.32 Å². The van der Waals surface area contributed by atoms with E-state index in [0.717, 1.165) is 19.3 Å². The number of rotatable bonds is 6. The number of hydrogen-bond donors (Lipinski definition) is 1. The van der Waals surface area contributed by atoms with E-state index in [0.29, 0.717) is 6.42 Å². The summed E-state index contributed by atoms with van der Waals surface area (Å²) in [4.78, 5) is 31.1. The third-order valence-corrected chi connectivity index (χ3v) is 1.61. The first kappa shape index (κ1) is 17.2. The van der Waals surface area contributed by atoms with Crippen molar-refractivity contribution in [1.29, 1.82) is 0 Å². The van der Waals surface area contributed by atoms with Crippen LogP contribution in [0.25, 0.3) is 0 Å². The number of amides is 1. The summed E-state index contributed by atoms with van der Waals surface area (Å²) in [5.74, 6) is 0.236. The molecule has 0 aromatic rings. The molecule has 0 saturated carbocycles. The summed E-state index contributed by atoms with van der Waals surface area (Å²) in [7, 11) is 0. The van der Waals surface area contributed by atoms with Crippen LogP contribution in [0.1, 0.15) is 53.4 Å². The zero-order valence-electron chi connectivity index (χ0n) is 10.8. The van der Waals surface area contributed by atoms with E-state index in [-0.39, 0.29) is 24.0 Å². The van der Waals surface area contributed by atoms with E-state index in [9.17, 15) is 14.4 Å². The lowest BCUT2D eigenvalue weighted by atomic mass is 10.3. The lowest BCUT2D eigenvalue weighted by Crippen LogP contribution is -2.27. The van der Waals surface area contributed by atoms with Crippen molar-refractivity contribution in [1.82, 2.24) is 5.32 Å². The summed E-state index contributed by atoms with van der Waals surface area (Å²) < 4.78 is 0. The number of Topliss-reactive ketones (excluding diaryl/α,β-unsaturated/α-hetero) is 2. The van der Waals surface area contributed by atoms with Crippen molar-refractivity contribution in [3.8, 4) is 0 Å². The van der Waals surface area contributed by atoms with E-state index in [4.69, 9.17) is 0 Å². The van der Waals surface area contributed by atoms with Crippen LogP contribution in [-0.4, -0.2) is 24.0 Å². The zero-order chi connectivity index (χ0) is 13.0. The van der Waals surface area contributed by atoms with Crippen LogP contribution in [0.2, 0.25) is 0 Å². The molecule has 0 aromatic carbocycles. The lowest BCUT2D eigenvalue weighted by molar-refractivity contribution is -0.124. The Morgan fingerprint density at radius 2 is 1.38 bits per heavy atom. The average Bonchev–Trinajstić information content (AvgIpc) is 2.16. The van der Waals surface area contributed by atoms with Crippen LogP contribution in [0.3, 0.4) is 0 Å². The highest BCUT2D eigenvalue weighted by atomic mass is 16.2. The molecule has 0 fully saturated rings. The maximum absolute atomic E-state index is 10.7. The molecule has 0 radical (unpaired) electrons. The smallest absolute Gasteiger partial charge is 0.220 e. The molecule has 0 bridgehead atoms. The van der Waals surface area contributed by atoms with Gasteiger partial charge in [0.1, 0.15) is 11.6 Å². The molecule has 0 aliphatic heterocycles. The Kier molecular flexibility index (Phi) is 12.8. The molecule has 0 aliphatic carbocycles. The molecule has 4 heteroatoms. The Hall–Kier alpha value is -1.19. The second-order valence-corrected chi connectivity index (χ2v) is 3.68. The highest BCUT2D eigenvalue weighted by molar-refractivity contribution is 5.84. The average molecular weight is 229 g/mol. The van der Waals surface area contributed by atoms with Gasteiger partial charge in [-0.25, -0.2) is 0 Å². The summed E-state index contributed by atoms with van der Waals surface area (Å²) in [6, 6.07) is 0. The molecule has 16 heavy (non-hydrogen) atoms. The maximum Gasteiger partial charge on any atom is 0.220 e. The fourth-order valence-electron chi connectivity index (χ4n) is 0.891. The minimum absolute atomic E-state index is 0.00977. The first-order valence-electron chi connectivity index (χ1n) is 5.69. The monoisotopic (exact) mass is 229 g/mol. The van der Waals surface area contributed by atoms with E-state index in [1.807, 2.05) is 13.8 Å². The maximum atomic E-state index is 10.7. The van der Waals surface area contributed by atoms with Crippen molar-refractivity contribution < 1.29 is 14.4 Å². The van der Waals surface area contributed by atoms with Crippen molar-refractivity contribution in [2.45, 2.75) is 53.4 Å². The Labute approximate surface area is 97.8 Å². The summed E-state index contributed by atoms with van der Waals surface area (Å²) in [6.45, 7) is 7.16. The molecular formula is C12H23NO3. The summed E-state index contributed by atoms with van der Waals surface area (Å²) in [5.41, 5.74) is 0. The largest absolute Gasteiger partial charge is 0.349 e. The van der Waals surface area contributed by atoms with Gasteiger partial charge in [-0.3, -0.25) is 9.59 Å². The second kappa shape index (κ2) is 11.9. The normalized spacial score (nSPS) is 8.75. The molecule has 0 heterocycles. The minimum Gasteiger partial charge on any atom is -0.349 e. The van der Waals surface area contributed by atoms with E-state index in [1.54, 1.807) is 6.92 Å². The lowest BCUT2D eigenvalue weighted by Gasteiger charge is -1.98. The van der Waals surface area contributed by atoms with Crippen LogP contribution in [0.4, 0.5) is 0 Å². The summed E-state index contributed by atoms with van der Waals surface area (Å²) in [5, 5.41) is 2.49. The third kappa shape index (κ3) is 18.6. The fourth-order valence-corrected chi connectivity index (χ4v) is 0.891. The standard InChI is InChI=1S/C7H13NO2.C5H10O/c1-3-4-7(10)8-5-6(2)9;1-3-4-5(2)6/h3-5H2,1-2H3,(H,8,10);3-4H2,1-2H3. The van der Waals surface area contributed by atoms with Gasteiger partial charge in [-0.15, -0.1) is 0 Å². The van der Waals surface area contributed by atoms with Gasteiger partial charge < -0.3 is 10.1 Å². The fraction of sp³-hybridized carbons (Fsp3) is 0.750. The van der Waals surface area contributed by atoms with Gasteiger partial charge in [-0.2, -0.15) is 0 Å². The van der Waals surface area contributed by atoms with E-state index in [2.05, 4.69) is 5.32 Å². The Morgan fingerprint density at radius 3 is 1.62 bits per heavy atom. The zero-order valence-corrected chi connectivity index (χ0v) is 10.8. The van der Waals surface area contributed by atoms with Crippen LogP contribution in [0, 0.1) is 0 Å². The minimum atomic E-state index is -0.0438. The van der Waals surface area contributed by atoms with E-state index < -0.39 is 0 Å². The van der Waals surface area contributed by atoms with Crippen molar-refractivity contribution in [2.24, 2.45) is 0 Å². The number of hydrogen-bond acceptors (Lipinski definition) is 3. The first-order chi connectivity index (χ1) is 7.43. The number of carbonyl (C=O) groups is 3. The van der Waals surface area contributed by atoms with Crippen LogP contribution >= 0.6 is 0 Å².